The number of benzene rings is 1. The first kappa shape index (κ1) is 25.5. The molecule has 1 amide bonds. The summed E-state index contributed by atoms with van der Waals surface area (Å²) >= 11 is 2.13. The number of phenolic OH excluding ortho intramolecular Hbond substituents is 1. The van der Waals surface area contributed by atoms with E-state index in [4.69, 9.17) is 4.74 Å². The standard InChI is InChI=1S/C25H25N3O6S2/c1-7-34-24(33)22-13(5)27-25(36-22)28-17(15-8-10(2)18(29)11(3)9-15)16(20(31)23(28)32)19(30)21-12(4)26-14(6)35-21/h8-9,17,29,31H,7H2,1-6H3. The lowest BCUT2D eigenvalue weighted by Crippen LogP contribution is -2.31. The van der Waals surface area contributed by atoms with Crippen LogP contribution >= 0.6 is 22.7 Å². The zero-order chi connectivity index (χ0) is 26.5. The largest absolute Gasteiger partial charge is 0.507 e. The Hall–Kier alpha value is -3.57. The summed E-state index contributed by atoms with van der Waals surface area (Å²) in [6.07, 6.45) is 0. The number of carbonyl (C=O) groups is 3. The molecule has 1 aliphatic rings. The van der Waals surface area contributed by atoms with Crippen molar-refractivity contribution in [2.45, 2.75) is 47.6 Å². The van der Waals surface area contributed by atoms with Gasteiger partial charge < -0.3 is 14.9 Å². The van der Waals surface area contributed by atoms with Gasteiger partial charge in [-0.1, -0.05) is 11.3 Å². The average molecular weight is 528 g/mol. The van der Waals surface area contributed by atoms with Gasteiger partial charge in [0.15, 0.2) is 10.9 Å². The van der Waals surface area contributed by atoms with E-state index in [1.165, 1.54) is 16.2 Å². The molecular formula is C25H25N3O6S2. The third-order valence-electron chi connectivity index (χ3n) is 5.84. The lowest BCUT2D eigenvalue weighted by molar-refractivity contribution is -0.117. The van der Waals surface area contributed by atoms with E-state index < -0.39 is 29.5 Å². The molecule has 2 aromatic heterocycles. The Balaban J connectivity index is 1.92. The highest BCUT2D eigenvalue weighted by molar-refractivity contribution is 7.17. The van der Waals surface area contributed by atoms with Gasteiger partial charge in [-0.3, -0.25) is 14.5 Å². The number of aromatic nitrogens is 2. The number of phenols is 1. The van der Waals surface area contributed by atoms with Gasteiger partial charge in [0.25, 0.3) is 5.91 Å². The third kappa shape index (κ3) is 4.18. The minimum Gasteiger partial charge on any atom is -0.507 e. The van der Waals surface area contributed by atoms with E-state index in [0.29, 0.717) is 38.0 Å². The first-order valence-corrected chi connectivity index (χ1v) is 12.8. The van der Waals surface area contributed by atoms with Crippen molar-refractivity contribution in [2.24, 2.45) is 0 Å². The molecule has 0 aliphatic carbocycles. The number of aryl methyl sites for hydroxylation is 5. The minimum absolute atomic E-state index is 0.0966. The summed E-state index contributed by atoms with van der Waals surface area (Å²) in [6, 6.07) is 2.29. The summed E-state index contributed by atoms with van der Waals surface area (Å²) in [5, 5.41) is 22.1. The number of Topliss-reactive ketones (excluding diaryl/α,β-unsaturated/α-hetero) is 1. The fourth-order valence-electron chi connectivity index (χ4n) is 4.23. The predicted molar refractivity (Wildman–Crippen MR) is 136 cm³/mol. The Morgan fingerprint density at radius 3 is 2.17 bits per heavy atom. The van der Waals surface area contributed by atoms with Gasteiger partial charge in [-0.25, -0.2) is 14.8 Å². The second-order valence-corrected chi connectivity index (χ2v) is 10.6. The Kier molecular flexibility index (Phi) is 6.72. The second kappa shape index (κ2) is 9.47. The van der Waals surface area contributed by atoms with Crippen LogP contribution in [0.2, 0.25) is 0 Å². The van der Waals surface area contributed by atoms with Gasteiger partial charge in [0.1, 0.15) is 10.6 Å². The van der Waals surface area contributed by atoms with Crippen LogP contribution in [0.25, 0.3) is 0 Å². The van der Waals surface area contributed by atoms with Gasteiger partial charge in [0, 0.05) is 0 Å². The van der Waals surface area contributed by atoms with Crippen molar-refractivity contribution in [3.05, 3.63) is 66.3 Å². The van der Waals surface area contributed by atoms with E-state index in [2.05, 4.69) is 9.97 Å². The van der Waals surface area contributed by atoms with Crippen molar-refractivity contribution in [3.8, 4) is 5.75 Å². The van der Waals surface area contributed by atoms with Crippen LogP contribution in [0, 0.1) is 34.6 Å². The molecule has 36 heavy (non-hydrogen) atoms. The molecule has 188 valence electrons. The van der Waals surface area contributed by atoms with Crippen molar-refractivity contribution >= 4 is 45.5 Å². The molecule has 1 unspecified atom stereocenters. The molecule has 1 aliphatic heterocycles. The van der Waals surface area contributed by atoms with Crippen molar-refractivity contribution in [3.63, 3.8) is 0 Å². The lowest BCUT2D eigenvalue weighted by Gasteiger charge is -2.25. The Labute approximate surface area is 215 Å². The number of amides is 1. The van der Waals surface area contributed by atoms with Crippen LogP contribution in [0.4, 0.5) is 5.13 Å². The summed E-state index contributed by atoms with van der Waals surface area (Å²) in [5.41, 5.74) is 2.35. The maximum atomic E-state index is 13.7. The number of aromatic hydroxyl groups is 1. The molecule has 1 aromatic carbocycles. The van der Waals surface area contributed by atoms with Gasteiger partial charge in [0.05, 0.1) is 39.5 Å². The molecule has 0 spiro atoms. The number of aliphatic hydroxyl groups excluding tert-OH is 1. The molecule has 2 N–H and O–H groups in total. The number of esters is 1. The average Bonchev–Trinajstić information content (AvgIpc) is 3.44. The van der Waals surface area contributed by atoms with E-state index in [1.807, 2.05) is 0 Å². The highest BCUT2D eigenvalue weighted by atomic mass is 32.1. The highest BCUT2D eigenvalue weighted by Gasteiger charge is 2.47. The van der Waals surface area contributed by atoms with E-state index in [-0.39, 0.29) is 27.9 Å². The van der Waals surface area contributed by atoms with Gasteiger partial charge in [-0.05, 0) is 70.4 Å². The van der Waals surface area contributed by atoms with Crippen LogP contribution in [0.15, 0.2) is 23.5 Å². The van der Waals surface area contributed by atoms with Gasteiger partial charge >= 0.3 is 5.97 Å². The van der Waals surface area contributed by atoms with Gasteiger partial charge in [0.2, 0.25) is 5.78 Å². The Morgan fingerprint density at radius 1 is 1.00 bits per heavy atom. The summed E-state index contributed by atoms with van der Waals surface area (Å²) in [7, 11) is 0. The van der Waals surface area contributed by atoms with E-state index >= 15 is 0 Å². The number of thiazole rings is 2. The number of hydrogen-bond donors (Lipinski definition) is 2. The summed E-state index contributed by atoms with van der Waals surface area (Å²) < 4.78 is 5.10. The molecular weight excluding hydrogens is 502 g/mol. The van der Waals surface area contributed by atoms with Gasteiger partial charge in [-0.2, -0.15) is 0 Å². The molecule has 4 rings (SSSR count). The fraction of sp³-hybridized carbons (Fsp3) is 0.320. The molecule has 9 nitrogen and oxygen atoms in total. The van der Waals surface area contributed by atoms with Crippen LogP contribution in [-0.4, -0.2) is 44.4 Å². The van der Waals surface area contributed by atoms with Crippen molar-refractivity contribution in [1.29, 1.82) is 0 Å². The smallest absolute Gasteiger partial charge is 0.350 e. The summed E-state index contributed by atoms with van der Waals surface area (Å²) in [6.45, 7) is 10.4. The number of ether oxygens (including phenoxy) is 1. The van der Waals surface area contributed by atoms with E-state index in [0.717, 1.165) is 11.3 Å². The van der Waals surface area contributed by atoms with Crippen molar-refractivity contribution in [1.82, 2.24) is 9.97 Å². The highest BCUT2D eigenvalue weighted by Crippen LogP contribution is 2.45. The molecule has 3 aromatic rings. The maximum Gasteiger partial charge on any atom is 0.350 e. The van der Waals surface area contributed by atoms with Crippen molar-refractivity contribution in [2.75, 3.05) is 11.5 Å². The number of nitrogens with zero attached hydrogens (tertiary/aromatic N) is 3. The minimum atomic E-state index is -1.04. The number of carbonyl (C=O) groups excluding carboxylic acids is 3. The Bertz CT molecular complexity index is 1430. The zero-order valence-corrected chi connectivity index (χ0v) is 22.3. The molecule has 0 saturated carbocycles. The topological polar surface area (TPSA) is 130 Å². The van der Waals surface area contributed by atoms with E-state index in [1.54, 1.807) is 53.7 Å². The molecule has 0 saturated heterocycles. The SMILES string of the molecule is CCOC(=O)c1sc(N2C(=O)C(O)=C(C(=O)c3sc(C)nc3C)C2c2cc(C)c(O)c(C)c2)nc1C. The number of anilines is 1. The number of rotatable bonds is 6. The van der Waals surface area contributed by atoms with Crippen LogP contribution in [-0.2, 0) is 9.53 Å². The summed E-state index contributed by atoms with van der Waals surface area (Å²) in [4.78, 5) is 50.1. The van der Waals surface area contributed by atoms with Crippen LogP contribution < -0.4 is 4.90 Å². The number of hydrogen-bond acceptors (Lipinski definition) is 10. The zero-order valence-electron chi connectivity index (χ0n) is 20.6. The lowest BCUT2D eigenvalue weighted by atomic mass is 9.92. The monoisotopic (exact) mass is 527 g/mol. The quantitative estimate of drug-likeness (QED) is 0.345. The Morgan fingerprint density at radius 2 is 1.61 bits per heavy atom. The molecule has 0 radical (unpaired) electrons. The predicted octanol–water partition coefficient (Wildman–Crippen LogP) is 4.81. The van der Waals surface area contributed by atoms with Gasteiger partial charge in [-0.15, -0.1) is 11.3 Å². The number of aliphatic hydroxyl groups is 1. The second-order valence-electron chi connectivity index (χ2n) is 8.45. The fourth-order valence-corrected chi connectivity index (χ4v) is 6.09. The van der Waals surface area contributed by atoms with Crippen molar-refractivity contribution < 1.29 is 29.3 Å². The molecule has 0 bridgehead atoms. The van der Waals surface area contributed by atoms with Crippen LogP contribution in [0.1, 0.15) is 65.4 Å². The normalized spacial score (nSPS) is 15.7. The molecule has 11 heteroatoms. The molecule has 3 heterocycles. The van der Waals surface area contributed by atoms with Crippen LogP contribution in [0.5, 0.6) is 5.75 Å². The molecule has 0 fully saturated rings. The first-order valence-electron chi connectivity index (χ1n) is 11.2. The summed E-state index contributed by atoms with van der Waals surface area (Å²) in [5.74, 6) is -2.49. The van der Waals surface area contributed by atoms with Crippen LogP contribution in [0.3, 0.4) is 0 Å². The number of ketones is 1. The maximum absolute atomic E-state index is 13.7. The molecule has 1 atom stereocenters. The van der Waals surface area contributed by atoms with E-state index in [9.17, 15) is 24.6 Å². The third-order valence-corrected chi connectivity index (χ3v) is 8.05. The first-order chi connectivity index (χ1) is 17.0.